The van der Waals surface area contributed by atoms with Gasteiger partial charge in [-0.25, -0.2) is 0 Å². The molecule has 1 heterocycles. The second-order valence-corrected chi connectivity index (χ2v) is 3.41. The van der Waals surface area contributed by atoms with Crippen LogP contribution >= 0.6 is 11.3 Å². The van der Waals surface area contributed by atoms with Gasteiger partial charge >= 0.3 is 0 Å². The van der Waals surface area contributed by atoms with Gasteiger partial charge in [0.25, 0.3) is 0 Å². The minimum atomic E-state index is -0.510. The maximum Gasteiger partial charge on any atom is 0.113 e. The van der Waals surface area contributed by atoms with Gasteiger partial charge in [-0.05, 0) is 6.42 Å². The van der Waals surface area contributed by atoms with Gasteiger partial charge in [0.05, 0.1) is 17.0 Å². The standard InChI is InChI=1S/C8H13NO2S/c1-2-3-11-5-7(10)8-4-9-6-12-8/h4,6-7,10H,2-3,5H2,1H3. The Morgan fingerprint density at radius 2 is 2.58 bits per heavy atom. The number of rotatable bonds is 5. The largest absolute Gasteiger partial charge is 0.385 e. The lowest BCUT2D eigenvalue weighted by Crippen LogP contribution is -2.06. The third-order valence-corrected chi connectivity index (χ3v) is 2.28. The van der Waals surface area contributed by atoms with E-state index in [0.29, 0.717) is 13.2 Å². The van der Waals surface area contributed by atoms with Crippen molar-refractivity contribution in [2.24, 2.45) is 0 Å². The maximum atomic E-state index is 9.48. The number of aliphatic hydroxyl groups is 1. The van der Waals surface area contributed by atoms with E-state index in [9.17, 15) is 5.11 Å². The van der Waals surface area contributed by atoms with Gasteiger partial charge < -0.3 is 9.84 Å². The van der Waals surface area contributed by atoms with E-state index in [4.69, 9.17) is 4.74 Å². The summed E-state index contributed by atoms with van der Waals surface area (Å²) in [5.74, 6) is 0. The van der Waals surface area contributed by atoms with Crippen molar-refractivity contribution in [1.82, 2.24) is 4.98 Å². The topological polar surface area (TPSA) is 42.4 Å². The van der Waals surface area contributed by atoms with Crippen molar-refractivity contribution in [3.05, 3.63) is 16.6 Å². The number of hydrogen-bond acceptors (Lipinski definition) is 4. The molecule has 1 N–H and O–H groups in total. The fourth-order valence-corrected chi connectivity index (χ4v) is 1.40. The molecule has 0 saturated carbocycles. The normalized spacial score (nSPS) is 13.2. The molecule has 1 rings (SSSR count). The zero-order valence-electron chi connectivity index (χ0n) is 7.06. The molecule has 3 nitrogen and oxygen atoms in total. The number of hydrogen-bond donors (Lipinski definition) is 1. The number of ether oxygens (including phenoxy) is 1. The van der Waals surface area contributed by atoms with Crippen molar-refractivity contribution in [2.45, 2.75) is 19.4 Å². The first-order valence-corrected chi connectivity index (χ1v) is 4.86. The molecule has 0 aliphatic rings. The van der Waals surface area contributed by atoms with Crippen molar-refractivity contribution in [2.75, 3.05) is 13.2 Å². The van der Waals surface area contributed by atoms with Gasteiger partial charge in [-0.2, -0.15) is 0 Å². The summed E-state index contributed by atoms with van der Waals surface area (Å²) in [5.41, 5.74) is 1.71. The van der Waals surface area contributed by atoms with Crippen LogP contribution in [0, 0.1) is 0 Å². The van der Waals surface area contributed by atoms with E-state index < -0.39 is 6.10 Å². The van der Waals surface area contributed by atoms with E-state index in [0.717, 1.165) is 11.3 Å². The maximum absolute atomic E-state index is 9.48. The highest BCUT2D eigenvalue weighted by Gasteiger charge is 2.08. The SMILES string of the molecule is CCCOCC(O)c1cncs1. The van der Waals surface area contributed by atoms with Crippen molar-refractivity contribution in [3.63, 3.8) is 0 Å². The van der Waals surface area contributed by atoms with E-state index in [2.05, 4.69) is 4.98 Å². The molecule has 0 amide bonds. The molecule has 1 unspecified atom stereocenters. The molecular weight excluding hydrogens is 174 g/mol. The van der Waals surface area contributed by atoms with E-state index >= 15 is 0 Å². The second-order valence-electron chi connectivity index (χ2n) is 2.49. The summed E-state index contributed by atoms with van der Waals surface area (Å²) in [6.45, 7) is 3.12. The van der Waals surface area contributed by atoms with Crippen LogP contribution in [0.3, 0.4) is 0 Å². The van der Waals surface area contributed by atoms with E-state index in [1.54, 1.807) is 11.7 Å². The van der Waals surface area contributed by atoms with Crippen LogP contribution in [-0.4, -0.2) is 23.3 Å². The van der Waals surface area contributed by atoms with Crippen LogP contribution < -0.4 is 0 Å². The van der Waals surface area contributed by atoms with Crippen molar-refractivity contribution >= 4 is 11.3 Å². The van der Waals surface area contributed by atoms with Crippen LogP contribution in [0.2, 0.25) is 0 Å². The van der Waals surface area contributed by atoms with Gasteiger partial charge in [0.2, 0.25) is 0 Å². The van der Waals surface area contributed by atoms with Gasteiger partial charge in [0, 0.05) is 12.8 Å². The van der Waals surface area contributed by atoms with E-state index in [-0.39, 0.29) is 0 Å². The van der Waals surface area contributed by atoms with Crippen LogP contribution in [0.1, 0.15) is 24.3 Å². The first kappa shape index (κ1) is 9.64. The van der Waals surface area contributed by atoms with Gasteiger partial charge in [-0.3, -0.25) is 4.98 Å². The summed E-state index contributed by atoms with van der Waals surface area (Å²) < 4.78 is 5.20. The van der Waals surface area contributed by atoms with Crippen molar-refractivity contribution in [3.8, 4) is 0 Å². The Hall–Kier alpha value is -0.450. The van der Waals surface area contributed by atoms with Gasteiger partial charge in [-0.1, -0.05) is 6.92 Å². The molecule has 0 bridgehead atoms. The summed E-state index contributed by atoms with van der Waals surface area (Å²) in [7, 11) is 0. The van der Waals surface area contributed by atoms with Crippen LogP contribution in [0.4, 0.5) is 0 Å². The van der Waals surface area contributed by atoms with Crippen molar-refractivity contribution in [1.29, 1.82) is 0 Å². The summed E-state index contributed by atoms with van der Waals surface area (Å²) in [6, 6.07) is 0. The molecule has 0 aliphatic heterocycles. The predicted molar refractivity (Wildman–Crippen MR) is 48.2 cm³/mol. The lowest BCUT2D eigenvalue weighted by atomic mass is 10.3. The van der Waals surface area contributed by atoms with Crippen LogP contribution in [-0.2, 0) is 4.74 Å². The molecule has 4 heteroatoms. The molecule has 12 heavy (non-hydrogen) atoms. The Morgan fingerprint density at radius 3 is 3.17 bits per heavy atom. The number of nitrogens with zero attached hydrogens (tertiary/aromatic N) is 1. The Morgan fingerprint density at radius 1 is 1.75 bits per heavy atom. The average Bonchev–Trinajstić information content (AvgIpc) is 2.56. The summed E-state index contributed by atoms with van der Waals surface area (Å²) in [6.07, 6.45) is 2.14. The molecule has 1 atom stereocenters. The summed E-state index contributed by atoms with van der Waals surface area (Å²) in [5, 5.41) is 9.48. The lowest BCUT2D eigenvalue weighted by Gasteiger charge is -2.07. The Kier molecular flexibility index (Phi) is 4.21. The molecule has 0 aliphatic carbocycles. The molecule has 0 fully saturated rings. The Bertz CT molecular complexity index is 201. The van der Waals surface area contributed by atoms with Crippen LogP contribution in [0.15, 0.2) is 11.7 Å². The molecule has 1 aromatic rings. The van der Waals surface area contributed by atoms with E-state index in [1.165, 1.54) is 11.3 Å². The minimum absolute atomic E-state index is 0.371. The van der Waals surface area contributed by atoms with Crippen LogP contribution in [0.5, 0.6) is 0 Å². The highest BCUT2D eigenvalue weighted by molar-refractivity contribution is 7.09. The number of thiazole rings is 1. The van der Waals surface area contributed by atoms with Gasteiger partial charge in [0.15, 0.2) is 0 Å². The van der Waals surface area contributed by atoms with Gasteiger partial charge in [-0.15, -0.1) is 11.3 Å². The summed E-state index contributed by atoms with van der Waals surface area (Å²) >= 11 is 1.45. The zero-order valence-corrected chi connectivity index (χ0v) is 7.88. The molecule has 1 aromatic heterocycles. The second kappa shape index (κ2) is 5.24. The lowest BCUT2D eigenvalue weighted by molar-refractivity contribution is 0.0381. The first-order valence-electron chi connectivity index (χ1n) is 3.98. The fourth-order valence-electron chi connectivity index (χ4n) is 0.812. The summed E-state index contributed by atoms with van der Waals surface area (Å²) in [4.78, 5) is 4.74. The smallest absolute Gasteiger partial charge is 0.113 e. The van der Waals surface area contributed by atoms with Gasteiger partial charge in [0.1, 0.15) is 6.10 Å². The third-order valence-electron chi connectivity index (χ3n) is 1.40. The van der Waals surface area contributed by atoms with E-state index in [1.807, 2.05) is 6.92 Å². The van der Waals surface area contributed by atoms with Crippen LogP contribution in [0.25, 0.3) is 0 Å². The molecule has 0 radical (unpaired) electrons. The highest BCUT2D eigenvalue weighted by Crippen LogP contribution is 2.16. The molecular formula is C8H13NO2S. The Balaban J connectivity index is 2.25. The molecule has 68 valence electrons. The number of aromatic nitrogens is 1. The first-order chi connectivity index (χ1) is 5.84. The number of aliphatic hydroxyl groups excluding tert-OH is 1. The Labute approximate surface area is 76.0 Å². The predicted octanol–water partition coefficient (Wildman–Crippen LogP) is 1.60. The average molecular weight is 187 g/mol. The molecule has 0 aromatic carbocycles. The molecule has 0 spiro atoms. The quantitative estimate of drug-likeness (QED) is 0.712. The van der Waals surface area contributed by atoms with Crippen molar-refractivity contribution < 1.29 is 9.84 Å². The minimum Gasteiger partial charge on any atom is -0.385 e. The highest BCUT2D eigenvalue weighted by atomic mass is 32.1. The third kappa shape index (κ3) is 2.89. The monoisotopic (exact) mass is 187 g/mol. The fraction of sp³-hybridized carbons (Fsp3) is 0.625. The zero-order chi connectivity index (χ0) is 8.81. The molecule has 0 saturated heterocycles.